The molecule has 7 rings (SSSR count). The number of methoxy groups -OCH3 is 1. The maximum atomic E-state index is 16.1. The number of rotatable bonds is 13. The number of aliphatic hydroxyl groups excluding tert-OH is 1. The zero-order valence-corrected chi connectivity index (χ0v) is 39.5. The number of thioether (sulfide) groups is 1. The molecule has 1 aliphatic heterocycles. The fourth-order valence-corrected chi connectivity index (χ4v) is 11.8. The molecule has 4 aliphatic rings. The Hall–Kier alpha value is -6.14. The minimum atomic E-state index is -2.39. The second-order valence-electron chi connectivity index (χ2n) is 18.3. The standard InChI is InChI=1S/C51H55NO15S/c1-28-34(65-47(60)40(56)39(31-17-11-8-12-18-31)52-45(58)32-19-13-9-14-20-32)26-51(61)44(66-46(59)33-21-15-10-16-22-33)42-49(6,43(57)41(64-29(2)53)38(28)48(51,4)5)36(68-24-23-37(55)62-7)25-35-50(42,27-63-35)67-30(3)54/h8-24,34-36,39-42,44,56,61H,25-27H2,1-7H3,(H,52,58)/t34?,35?,36?,39?,40?,41?,42?,44?,49-,50?,51?/m1/s1. The van der Waals surface area contributed by atoms with E-state index in [0.29, 0.717) is 5.56 Å². The van der Waals surface area contributed by atoms with Gasteiger partial charge in [0.05, 0.1) is 36.7 Å². The van der Waals surface area contributed by atoms with Gasteiger partial charge in [0.1, 0.15) is 23.9 Å². The van der Waals surface area contributed by atoms with Crippen molar-refractivity contribution in [2.75, 3.05) is 13.7 Å². The molecule has 0 spiro atoms. The average Bonchev–Trinajstić information content (AvgIpc) is 3.31. The first-order valence-electron chi connectivity index (χ1n) is 22.1. The third kappa shape index (κ3) is 8.88. The summed E-state index contributed by atoms with van der Waals surface area (Å²) in [6, 6.07) is 23.0. The first-order chi connectivity index (χ1) is 32.2. The Kier molecular flexibility index (Phi) is 14.2. The van der Waals surface area contributed by atoms with Crippen LogP contribution >= 0.6 is 11.8 Å². The highest BCUT2D eigenvalue weighted by Gasteiger charge is 2.78. The van der Waals surface area contributed by atoms with Crippen LogP contribution < -0.4 is 5.32 Å². The van der Waals surface area contributed by atoms with Crippen LogP contribution in [0.5, 0.6) is 0 Å². The van der Waals surface area contributed by atoms with E-state index in [-0.39, 0.29) is 35.3 Å². The zero-order valence-electron chi connectivity index (χ0n) is 38.7. The summed E-state index contributed by atoms with van der Waals surface area (Å²) in [5.74, 6) is -7.29. The van der Waals surface area contributed by atoms with Gasteiger partial charge in [0.25, 0.3) is 5.91 Å². The maximum absolute atomic E-state index is 16.1. The number of nitrogens with one attached hydrogen (secondary N) is 1. The summed E-state index contributed by atoms with van der Waals surface area (Å²) in [5.41, 5.74) is -6.78. The predicted molar refractivity (Wildman–Crippen MR) is 244 cm³/mol. The van der Waals surface area contributed by atoms with Gasteiger partial charge in [-0.05, 0) is 59.7 Å². The minimum absolute atomic E-state index is 0.0264. The Balaban J connectivity index is 1.42. The average molecular weight is 954 g/mol. The summed E-state index contributed by atoms with van der Waals surface area (Å²) in [4.78, 5) is 97.4. The van der Waals surface area contributed by atoms with Crippen LogP contribution in [0.4, 0.5) is 0 Å². The summed E-state index contributed by atoms with van der Waals surface area (Å²) >= 11 is 1.06. The normalized spacial score (nSPS) is 30.1. The summed E-state index contributed by atoms with van der Waals surface area (Å²) in [6.45, 7) is 8.27. The fraction of sp³-hybridized carbons (Fsp3) is 0.431. The van der Waals surface area contributed by atoms with Gasteiger partial charge in [-0.2, -0.15) is 0 Å². The molecule has 11 atom stereocenters. The van der Waals surface area contributed by atoms with E-state index in [9.17, 15) is 39.0 Å². The van der Waals surface area contributed by atoms with Crippen molar-refractivity contribution in [2.45, 2.75) is 107 Å². The maximum Gasteiger partial charge on any atom is 0.338 e. The van der Waals surface area contributed by atoms with Crippen molar-refractivity contribution in [3.63, 3.8) is 0 Å². The van der Waals surface area contributed by atoms with Crippen molar-refractivity contribution in [2.24, 2.45) is 16.7 Å². The van der Waals surface area contributed by atoms with Gasteiger partial charge in [0.2, 0.25) is 0 Å². The number of amides is 1. The fourth-order valence-electron chi connectivity index (χ4n) is 10.6. The van der Waals surface area contributed by atoms with Crippen LogP contribution in [0.25, 0.3) is 0 Å². The molecule has 360 valence electrons. The molecule has 68 heavy (non-hydrogen) atoms. The second-order valence-corrected chi connectivity index (χ2v) is 19.4. The molecule has 3 aromatic rings. The Morgan fingerprint density at radius 1 is 0.853 bits per heavy atom. The molecule has 10 unspecified atom stereocenters. The largest absolute Gasteiger partial charge is 0.466 e. The second kappa shape index (κ2) is 19.5. The van der Waals surface area contributed by atoms with Crippen molar-refractivity contribution in [3.05, 3.63) is 130 Å². The Morgan fingerprint density at radius 3 is 2.01 bits per heavy atom. The van der Waals surface area contributed by atoms with Crippen LogP contribution in [-0.2, 0) is 52.4 Å². The van der Waals surface area contributed by atoms with E-state index in [2.05, 4.69) is 5.32 Å². The summed E-state index contributed by atoms with van der Waals surface area (Å²) < 4.78 is 35.9. The third-order valence-corrected chi connectivity index (χ3v) is 15.4. The molecule has 2 saturated carbocycles. The number of ketones is 1. The van der Waals surface area contributed by atoms with Gasteiger partial charge in [-0.15, -0.1) is 11.8 Å². The Labute approximate surface area is 397 Å². The van der Waals surface area contributed by atoms with E-state index in [1.54, 1.807) is 107 Å². The molecule has 2 bridgehead atoms. The van der Waals surface area contributed by atoms with Gasteiger partial charge in [-0.3, -0.25) is 19.2 Å². The van der Waals surface area contributed by atoms with Crippen LogP contribution in [0, 0.1) is 16.7 Å². The third-order valence-electron chi connectivity index (χ3n) is 14.1. The van der Waals surface area contributed by atoms with Crippen molar-refractivity contribution in [1.82, 2.24) is 5.32 Å². The van der Waals surface area contributed by atoms with Gasteiger partial charge in [0.15, 0.2) is 23.6 Å². The van der Waals surface area contributed by atoms with Crippen molar-refractivity contribution in [3.8, 4) is 0 Å². The van der Waals surface area contributed by atoms with E-state index in [0.717, 1.165) is 24.8 Å². The van der Waals surface area contributed by atoms with Gasteiger partial charge in [-0.25, -0.2) is 14.4 Å². The molecule has 3 N–H and O–H groups in total. The van der Waals surface area contributed by atoms with Crippen LogP contribution in [0.2, 0.25) is 0 Å². The summed E-state index contributed by atoms with van der Waals surface area (Å²) in [5, 5.41) is 29.1. The monoisotopic (exact) mass is 953 g/mol. The molecule has 3 fully saturated rings. The number of hydrogen-bond acceptors (Lipinski definition) is 16. The molecule has 1 saturated heterocycles. The lowest BCUT2D eigenvalue weighted by Gasteiger charge is -2.68. The number of benzene rings is 3. The molecule has 1 heterocycles. The number of aliphatic hydroxyl groups is 2. The lowest BCUT2D eigenvalue weighted by atomic mass is 9.45. The lowest BCUT2D eigenvalue weighted by molar-refractivity contribution is -0.331. The quantitative estimate of drug-likeness (QED) is 0.0870. The first kappa shape index (κ1) is 49.8. The number of hydrogen-bond donors (Lipinski definition) is 3. The molecule has 0 aromatic heterocycles. The number of ether oxygens (including phenoxy) is 6. The SMILES string of the molecule is COC(=O)C=CSC1CC2OCC2(OC(C)=O)C2C(OC(=O)c3ccccc3)C3(O)CC(OC(=O)C(O)C(NC(=O)c4ccccc4)c4ccccc4)C(C)=C(C(OC(C)=O)C(=O)[C@]12C)C3(C)C. The smallest absolute Gasteiger partial charge is 0.338 e. The molecular weight excluding hydrogens is 899 g/mol. The van der Waals surface area contributed by atoms with Gasteiger partial charge in [0, 0.05) is 42.6 Å². The van der Waals surface area contributed by atoms with Gasteiger partial charge in [-0.1, -0.05) is 87.5 Å². The number of esters is 5. The summed E-state index contributed by atoms with van der Waals surface area (Å²) in [6.07, 6.45) is -7.43. The Morgan fingerprint density at radius 2 is 1.46 bits per heavy atom. The van der Waals surface area contributed by atoms with E-state index >= 15 is 4.79 Å². The highest BCUT2D eigenvalue weighted by Crippen LogP contribution is 2.66. The number of fused-ring (bicyclic) bond motifs is 5. The zero-order chi connectivity index (χ0) is 49.3. The number of carbonyl (C=O) groups is 7. The van der Waals surface area contributed by atoms with Crippen LogP contribution in [-0.4, -0.2) is 112 Å². The number of Topliss-reactive ketones (excluding diaryl/α,β-unsaturated/α-hetero) is 1. The minimum Gasteiger partial charge on any atom is -0.466 e. The van der Waals surface area contributed by atoms with E-state index in [4.69, 9.17) is 28.4 Å². The molecular formula is C51H55NO15S. The van der Waals surface area contributed by atoms with E-state index in [1.165, 1.54) is 31.6 Å². The van der Waals surface area contributed by atoms with Crippen LogP contribution in [0.3, 0.4) is 0 Å². The predicted octanol–water partition coefficient (Wildman–Crippen LogP) is 5.16. The highest BCUT2D eigenvalue weighted by atomic mass is 32.2. The van der Waals surface area contributed by atoms with Crippen LogP contribution in [0.1, 0.15) is 86.7 Å². The topological polar surface area (TPSA) is 227 Å². The lowest BCUT2D eigenvalue weighted by Crippen LogP contribution is -2.81. The van der Waals surface area contributed by atoms with E-state index < -0.39 is 118 Å². The van der Waals surface area contributed by atoms with Crippen molar-refractivity contribution < 1.29 is 72.2 Å². The van der Waals surface area contributed by atoms with Crippen molar-refractivity contribution >= 4 is 53.3 Å². The molecule has 1 amide bonds. The first-order valence-corrected chi connectivity index (χ1v) is 23.1. The van der Waals surface area contributed by atoms with Crippen molar-refractivity contribution in [1.29, 1.82) is 0 Å². The Bertz CT molecular complexity index is 2510. The molecule has 17 heteroatoms. The highest BCUT2D eigenvalue weighted by molar-refractivity contribution is 8.02. The molecule has 3 aromatic carbocycles. The van der Waals surface area contributed by atoms with Crippen LogP contribution in [0.15, 0.2) is 114 Å². The van der Waals surface area contributed by atoms with Gasteiger partial charge >= 0.3 is 29.8 Å². The summed E-state index contributed by atoms with van der Waals surface area (Å²) in [7, 11) is 1.20. The molecule has 3 aliphatic carbocycles. The van der Waals surface area contributed by atoms with Gasteiger partial charge < -0.3 is 44.0 Å². The number of carbonyl (C=O) groups excluding carboxylic acids is 7. The van der Waals surface area contributed by atoms with E-state index in [1.807, 2.05) is 0 Å². The molecule has 16 nitrogen and oxygen atoms in total. The molecule has 0 radical (unpaired) electrons.